The first-order chi connectivity index (χ1) is 6.82. The Hall–Kier alpha value is -0.0800. The van der Waals surface area contributed by atoms with Crippen molar-refractivity contribution in [1.82, 2.24) is 4.90 Å². The van der Waals surface area contributed by atoms with Gasteiger partial charge in [0.1, 0.15) is 6.67 Å². The van der Waals surface area contributed by atoms with Crippen molar-refractivity contribution in [2.24, 2.45) is 0 Å². The molecule has 2 nitrogen and oxygen atoms in total. The normalized spacial score (nSPS) is 27.2. The average molecular weight is 213 g/mol. The summed E-state index contributed by atoms with van der Waals surface area (Å²) >= 11 is 0. The molecule has 0 N–H and O–H groups in total. The van der Waals surface area contributed by atoms with Gasteiger partial charge >= 0.3 is 0 Å². The van der Waals surface area contributed by atoms with Crippen LogP contribution in [0.25, 0.3) is 0 Å². The molecule has 0 spiro atoms. The Morgan fingerprint density at radius 2 is 1.87 bits per heavy atom. The van der Waals surface area contributed by atoms with Crippen LogP contribution in [-0.2, 0) is 0 Å². The predicted molar refractivity (Wildman–Crippen MR) is 66.7 cm³/mol. The largest absolute Gasteiger partial charge is 0.315 e. The predicted octanol–water partition coefficient (Wildman–Crippen LogP) is 2.69. The maximum absolute atomic E-state index is 2.73. The van der Waals surface area contributed by atoms with Crippen LogP contribution in [-0.4, -0.2) is 48.3 Å². The van der Waals surface area contributed by atoms with E-state index < -0.39 is 0 Å². The Kier molecular flexibility index (Phi) is 3.83. The molecule has 2 heteroatoms. The van der Waals surface area contributed by atoms with Crippen LogP contribution < -0.4 is 0 Å². The second kappa shape index (κ2) is 4.42. The third-order valence-corrected chi connectivity index (χ3v) is 3.95. The molecule has 0 aromatic heterocycles. The lowest BCUT2D eigenvalue weighted by molar-refractivity contribution is -0.883. The summed E-state index contributed by atoms with van der Waals surface area (Å²) in [7, 11) is 4.71. The van der Waals surface area contributed by atoms with Gasteiger partial charge in [-0.15, -0.1) is 0 Å². The third-order valence-electron chi connectivity index (χ3n) is 3.95. The Labute approximate surface area is 95.8 Å². The number of likely N-dealkylation sites (N-methyl/N-ethyl adjacent to an activating group) is 1. The van der Waals surface area contributed by atoms with E-state index in [4.69, 9.17) is 0 Å². The molecule has 1 aliphatic rings. The standard InChI is InChI=1S/C13H29N2/c1-7-9-12-10-15(5,6)11-14(12)13(3,4)8-2/h12H,7-11H2,1-6H3/q+1. The van der Waals surface area contributed by atoms with Crippen molar-refractivity contribution in [3.8, 4) is 0 Å². The van der Waals surface area contributed by atoms with E-state index in [0.717, 1.165) is 10.5 Å². The van der Waals surface area contributed by atoms with Crippen molar-refractivity contribution >= 4 is 0 Å². The van der Waals surface area contributed by atoms with Crippen molar-refractivity contribution in [3.05, 3.63) is 0 Å². The molecule has 90 valence electrons. The molecule has 0 bridgehead atoms. The van der Waals surface area contributed by atoms with Crippen LogP contribution in [0.5, 0.6) is 0 Å². The minimum atomic E-state index is 0.367. The molecule has 1 atom stereocenters. The van der Waals surface area contributed by atoms with Crippen LogP contribution >= 0.6 is 0 Å². The highest BCUT2D eigenvalue weighted by molar-refractivity contribution is 4.87. The fraction of sp³-hybridized carbons (Fsp3) is 1.00. The van der Waals surface area contributed by atoms with Gasteiger partial charge in [-0.1, -0.05) is 20.3 Å². The third kappa shape index (κ3) is 2.94. The quantitative estimate of drug-likeness (QED) is 0.649. The number of hydrogen-bond donors (Lipinski definition) is 0. The van der Waals surface area contributed by atoms with Gasteiger partial charge in [-0.25, -0.2) is 4.90 Å². The van der Waals surface area contributed by atoms with Crippen LogP contribution in [0.2, 0.25) is 0 Å². The van der Waals surface area contributed by atoms with Gasteiger partial charge in [-0.05, 0) is 26.7 Å². The first-order valence-corrected chi connectivity index (χ1v) is 6.41. The number of quaternary nitrogens is 1. The molecule has 0 aliphatic carbocycles. The number of nitrogens with zero attached hydrogens (tertiary/aromatic N) is 2. The zero-order valence-electron chi connectivity index (χ0n) is 11.5. The lowest BCUT2D eigenvalue weighted by Crippen LogP contribution is -2.48. The Morgan fingerprint density at radius 1 is 1.27 bits per heavy atom. The van der Waals surface area contributed by atoms with Crippen LogP contribution in [0, 0.1) is 0 Å². The molecule has 1 unspecified atom stereocenters. The summed E-state index contributed by atoms with van der Waals surface area (Å²) in [5.74, 6) is 0. The summed E-state index contributed by atoms with van der Waals surface area (Å²) in [4.78, 5) is 2.73. The second-order valence-corrected chi connectivity index (χ2v) is 6.34. The Bertz CT molecular complexity index is 209. The van der Waals surface area contributed by atoms with Crippen LogP contribution in [0.1, 0.15) is 47.0 Å². The molecule has 1 fully saturated rings. The first-order valence-electron chi connectivity index (χ1n) is 6.41. The highest BCUT2D eigenvalue weighted by Gasteiger charge is 2.43. The van der Waals surface area contributed by atoms with Crippen molar-refractivity contribution in [2.45, 2.75) is 58.5 Å². The number of hydrogen-bond acceptors (Lipinski definition) is 1. The van der Waals surface area contributed by atoms with Gasteiger partial charge in [-0.2, -0.15) is 0 Å². The fourth-order valence-electron chi connectivity index (χ4n) is 2.72. The Balaban J connectivity index is 2.77. The number of rotatable bonds is 4. The van der Waals surface area contributed by atoms with E-state index in [1.807, 2.05) is 0 Å². The van der Waals surface area contributed by atoms with Crippen molar-refractivity contribution in [1.29, 1.82) is 0 Å². The smallest absolute Gasteiger partial charge is 0.135 e. The molecular weight excluding hydrogens is 184 g/mol. The fourth-order valence-corrected chi connectivity index (χ4v) is 2.72. The molecule has 0 amide bonds. The van der Waals surface area contributed by atoms with E-state index >= 15 is 0 Å². The lowest BCUT2D eigenvalue weighted by Gasteiger charge is -2.37. The average Bonchev–Trinajstić information content (AvgIpc) is 2.43. The van der Waals surface area contributed by atoms with Crippen molar-refractivity contribution in [3.63, 3.8) is 0 Å². The molecule has 0 radical (unpaired) electrons. The van der Waals surface area contributed by atoms with Crippen LogP contribution in [0.4, 0.5) is 0 Å². The van der Waals surface area contributed by atoms with E-state index in [9.17, 15) is 0 Å². The molecule has 0 aromatic carbocycles. The molecule has 1 heterocycles. The van der Waals surface area contributed by atoms with Crippen LogP contribution in [0.3, 0.4) is 0 Å². The summed E-state index contributed by atoms with van der Waals surface area (Å²) < 4.78 is 1.16. The second-order valence-electron chi connectivity index (χ2n) is 6.34. The molecule has 1 rings (SSSR count). The summed E-state index contributed by atoms with van der Waals surface area (Å²) in [5.41, 5.74) is 0.367. The highest BCUT2D eigenvalue weighted by atomic mass is 15.5. The van der Waals surface area contributed by atoms with Gasteiger partial charge in [0.25, 0.3) is 0 Å². The molecular formula is C13H29N2+. The van der Waals surface area contributed by atoms with Gasteiger partial charge in [0.2, 0.25) is 0 Å². The molecule has 15 heavy (non-hydrogen) atoms. The van der Waals surface area contributed by atoms with Gasteiger partial charge in [0, 0.05) is 5.54 Å². The van der Waals surface area contributed by atoms with Crippen LogP contribution in [0.15, 0.2) is 0 Å². The van der Waals surface area contributed by atoms with E-state index in [-0.39, 0.29) is 0 Å². The van der Waals surface area contributed by atoms with E-state index in [0.29, 0.717) is 5.54 Å². The van der Waals surface area contributed by atoms with Gasteiger partial charge in [-0.3, -0.25) is 0 Å². The zero-order valence-corrected chi connectivity index (χ0v) is 11.5. The highest BCUT2D eigenvalue weighted by Crippen LogP contribution is 2.30. The van der Waals surface area contributed by atoms with Gasteiger partial charge in [0.15, 0.2) is 0 Å². The topological polar surface area (TPSA) is 3.24 Å². The lowest BCUT2D eigenvalue weighted by atomic mass is 9.97. The monoisotopic (exact) mass is 213 g/mol. The van der Waals surface area contributed by atoms with E-state index in [1.54, 1.807) is 0 Å². The van der Waals surface area contributed by atoms with Gasteiger partial charge < -0.3 is 4.48 Å². The van der Waals surface area contributed by atoms with Crippen molar-refractivity contribution < 1.29 is 4.48 Å². The van der Waals surface area contributed by atoms with Crippen molar-refractivity contribution in [2.75, 3.05) is 27.3 Å². The van der Waals surface area contributed by atoms with E-state index in [1.165, 1.54) is 32.5 Å². The summed E-state index contributed by atoms with van der Waals surface area (Å²) in [6, 6.07) is 0.792. The molecule has 0 aromatic rings. The summed E-state index contributed by atoms with van der Waals surface area (Å²) in [6.07, 6.45) is 3.90. The maximum atomic E-state index is 2.73. The minimum Gasteiger partial charge on any atom is -0.315 e. The van der Waals surface area contributed by atoms with Gasteiger partial charge in [0.05, 0.1) is 26.7 Å². The molecule has 1 aliphatic heterocycles. The SMILES string of the molecule is CCCC1C[N+](C)(C)CN1C(C)(C)CC. The maximum Gasteiger partial charge on any atom is 0.135 e. The summed E-state index contributed by atoms with van der Waals surface area (Å²) in [6.45, 7) is 11.9. The first kappa shape index (κ1) is 13.0. The molecule has 0 saturated carbocycles. The molecule has 1 saturated heterocycles. The summed E-state index contributed by atoms with van der Waals surface area (Å²) in [5, 5.41) is 0. The minimum absolute atomic E-state index is 0.367. The zero-order chi connectivity index (χ0) is 11.7. The Morgan fingerprint density at radius 3 is 2.33 bits per heavy atom. The van der Waals surface area contributed by atoms with E-state index in [2.05, 4.69) is 46.7 Å².